The second-order valence-corrected chi connectivity index (χ2v) is 4.09. The zero-order valence-corrected chi connectivity index (χ0v) is 10.3. The molecule has 3 aromatic heterocycles. The van der Waals surface area contributed by atoms with Crippen molar-refractivity contribution >= 4 is 5.97 Å². The van der Waals surface area contributed by atoms with Gasteiger partial charge < -0.3 is 5.11 Å². The maximum atomic E-state index is 11.4. The summed E-state index contributed by atoms with van der Waals surface area (Å²) >= 11 is 0. The van der Waals surface area contributed by atoms with Crippen LogP contribution >= 0.6 is 0 Å². The molecule has 6 heteroatoms. The number of aromatic carboxylic acids is 1. The van der Waals surface area contributed by atoms with E-state index >= 15 is 0 Å². The average molecular weight is 266 g/mol. The summed E-state index contributed by atoms with van der Waals surface area (Å²) in [5.74, 6) is -1.02. The van der Waals surface area contributed by atoms with Crippen LogP contribution in [0.1, 0.15) is 10.4 Å². The summed E-state index contributed by atoms with van der Waals surface area (Å²) in [5.41, 5.74) is 1.94. The van der Waals surface area contributed by atoms with Crippen LogP contribution in [0.25, 0.3) is 16.9 Å². The van der Waals surface area contributed by atoms with Crippen molar-refractivity contribution in [2.75, 3.05) is 0 Å². The molecule has 0 aliphatic heterocycles. The largest absolute Gasteiger partial charge is 0.478 e. The first kappa shape index (κ1) is 12.0. The minimum absolute atomic E-state index is 0.134. The lowest BCUT2D eigenvalue weighted by Crippen LogP contribution is -1.96. The number of rotatable bonds is 3. The van der Waals surface area contributed by atoms with Crippen LogP contribution in [-0.2, 0) is 0 Å². The Bertz CT molecular complexity index is 738. The van der Waals surface area contributed by atoms with E-state index in [2.05, 4.69) is 15.1 Å². The fourth-order valence-corrected chi connectivity index (χ4v) is 1.88. The Morgan fingerprint density at radius 1 is 1.10 bits per heavy atom. The molecule has 6 nitrogen and oxygen atoms in total. The molecule has 3 aromatic rings. The van der Waals surface area contributed by atoms with Gasteiger partial charge in [-0.2, -0.15) is 5.10 Å². The molecule has 0 saturated carbocycles. The standard InChI is InChI=1S/C14H10N4O2/c19-14(20)12-9-18(11-3-6-15-7-4-11)17-13(12)10-2-1-5-16-8-10/h1-9H,(H,19,20). The molecule has 0 aromatic carbocycles. The third kappa shape index (κ3) is 2.14. The van der Waals surface area contributed by atoms with Gasteiger partial charge in [0.15, 0.2) is 0 Å². The monoisotopic (exact) mass is 266 g/mol. The zero-order chi connectivity index (χ0) is 13.9. The van der Waals surface area contributed by atoms with E-state index in [0.717, 1.165) is 5.69 Å². The van der Waals surface area contributed by atoms with Crippen LogP contribution in [0.4, 0.5) is 0 Å². The van der Waals surface area contributed by atoms with Crippen LogP contribution in [0, 0.1) is 0 Å². The minimum Gasteiger partial charge on any atom is -0.478 e. The lowest BCUT2D eigenvalue weighted by molar-refractivity contribution is 0.0697. The van der Waals surface area contributed by atoms with E-state index in [0.29, 0.717) is 11.3 Å². The quantitative estimate of drug-likeness (QED) is 0.784. The predicted octanol–water partition coefficient (Wildman–Crippen LogP) is 2.03. The lowest BCUT2D eigenvalue weighted by Gasteiger charge is -1.99. The fraction of sp³-hybridized carbons (Fsp3) is 0. The van der Waals surface area contributed by atoms with Crippen molar-refractivity contribution in [3.63, 3.8) is 0 Å². The van der Waals surface area contributed by atoms with E-state index < -0.39 is 5.97 Å². The highest BCUT2D eigenvalue weighted by Gasteiger charge is 2.17. The van der Waals surface area contributed by atoms with Gasteiger partial charge in [-0.15, -0.1) is 0 Å². The van der Waals surface area contributed by atoms with Crippen LogP contribution < -0.4 is 0 Å². The predicted molar refractivity (Wildman–Crippen MR) is 71.5 cm³/mol. The molecule has 3 heterocycles. The number of nitrogens with zero attached hydrogens (tertiary/aromatic N) is 4. The summed E-state index contributed by atoms with van der Waals surface area (Å²) in [6.07, 6.45) is 7.96. The number of carboxylic acid groups (broad SMARTS) is 1. The van der Waals surface area contributed by atoms with Crippen molar-refractivity contribution in [1.82, 2.24) is 19.7 Å². The molecular weight excluding hydrogens is 256 g/mol. The summed E-state index contributed by atoms with van der Waals surface area (Å²) in [7, 11) is 0. The molecule has 0 bridgehead atoms. The number of hydrogen-bond donors (Lipinski definition) is 1. The van der Waals surface area contributed by atoms with Crippen molar-refractivity contribution in [3.05, 3.63) is 60.8 Å². The first-order valence-corrected chi connectivity index (χ1v) is 5.89. The van der Waals surface area contributed by atoms with Gasteiger partial charge in [-0.25, -0.2) is 9.48 Å². The number of pyridine rings is 2. The molecule has 0 radical (unpaired) electrons. The topological polar surface area (TPSA) is 80.9 Å². The number of carbonyl (C=O) groups is 1. The molecule has 3 rings (SSSR count). The Labute approximate surface area is 114 Å². The SMILES string of the molecule is O=C(O)c1cn(-c2ccncc2)nc1-c1cccnc1. The summed E-state index contributed by atoms with van der Waals surface area (Å²) in [5, 5.41) is 13.6. The smallest absolute Gasteiger partial charge is 0.339 e. The van der Waals surface area contributed by atoms with Crippen LogP contribution in [0.15, 0.2) is 55.2 Å². The number of aromatic nitrogens is 4. The Morgan fingerprint density at radius 3 is 2.55 bits per heavy atom. The Morgan fingerprint density at radius 2 is 1.90 bits per heavy atom. The lowest BCUT2D eigenvalue weighted by atomic mass is 10.1. The highest BCUT2D eigenvalue weighted by molar-refractivity contribution is 5.94. The van der Waals surface area contributed by atoms with Crippen LogP contribution in [0.3, 0.4) is 0 Å². The van der Waals surface area contributed by atoms with Crippen LogP contribution in [0.5, 0.6) is 0 Å². The normalized spacial score (nSPS) is 10.4. The zero-order valence-electron chi connectivity index (χ0n) is 10.3. The van der Waals surface area contributed by atoms with Crippen molar-refractivity contribution in [2.24, 2.45) is 0 Å². The van der Waals surface area contributed by atoms with Gasteiger partial charge in [-0.1, -0.05) is 0 Å². The first-order valence-electron chi connectivity index (χ1n) is 5.89. The highest BCUT2D eigenvalue weighted by Crippen LogP contribution is 2.22. The van der Waals surface area contributed by atoms with Gasteiger partial charge in [-0.3, -0.25) is 9.97 Å². The molecule has 0 amide bonds. The van der Waals surface area contributed by atoms with E-state index in [1.165, 1.54) is 10.9 Å². The molecule has 0 atom stereocenters. The van der Waals surface area contributed by atoms with Crippen molar-refractivity contribution < 1.29 is 9.90 Å². The average Bonchev–Trinajstić information content (AvgIpc) is 2.94. The molecule has 98 valence electrons. The van der Waals surface area contributed by atoms with Crippen LogP contribution in [-0.4, -0.2) is 30.8 Å². The van der Waals surface area contributed by atoms with Gasteiger partial charge in [0.25, 0.3) is 0 Å². The van der Waals surface area contributed by atoms with E-state index in [9.17, 15) is 9.90 Å². The number of carboxylic acids is 1. The summed E-state index contributed by atoms with van der Waals surface area (Å²) in [6, 6.07) is 7.03. The van der Waals surface area contributed by atoms with Crippen LogP contribution in [0.2, 0.25) is 0 Å². The second-order valence-electron chi connectivity index (χ2n) is 4.09. The van der Waals surface area contributed by atoms with Gasteiger partial charge >= 0.3 is 5.97 Å². The maximum Gasteiger partial charge on any atom is 0.339 e. The minimum atomic E-state index is -1.02. The second kappa shape index (κ2) is 4.93. The maximum absolute atomic E-state index is 11.4. The van der Waals surface area contributed by atoms with Gasteiger partial charge in [0, 0.05) is 36.5 Å². The van der Waals surface area contributed by atoms with Gasteiger partial charge in [0.2, 0.25) is 0 Å². The molecular formula is C14H10N4O2. The first-order chi connectivity index (χ1) is 9.75. The van der Waals surface area contributed by atoms with E-state index in [4.69, 9.17) is 0 Å². The molecule has 0 fully saturated rings. The molecule has 0 saturated heterocycles. The van der Waals surface area contributed by atoms with E-state index in [-0.39, 0.29) is 5.56 Å². The van der Waals surface area contributed by atoms with E-state index in [1.807, 2.05) is 0 Å². The Balaban J connectivity index is 2.15. The third-order valence-corrected chi connectivity index (χ3v) is 2.81. The van der Waals surface area contributed by atoms with Crippen molar-refractivity contribution in [3.8, 4) is 16.9 Å². The third-order valence-electron chi connectivity index (χ3n) is 2.81. The summed E-state index contributed by atoms with van der Waals surface area (Å²) in [6.45, 7) is 0. The Kier molecular flexibility index (Phi) is 2.96. The van der Waals surface area contributed by atoms with Gasteiger partial charge in [-0.05, 0) is 24.3 Å². The molecule has 0 spiro atoms. The van der Waals surface area contributed by atoms with Gasteiger partial charge in [0.05, 0.1) is 5.69 Å². The van der Waals surface area contributed by atoms with Gasteiger partial charge in [0.1, 0.15) is 11.3 Å². The molecule has 20 heavy (non-hydrogen) atoms. The number of hydrogen-bond acceptors (Lipinski definition) is 4. The summed E-state index contributed by atoms with van der Waals surface area (Å²) < 4.78 is 1.52. The van der Waals surface area contributed by atoms with Crippen molar-refractivity contribution in [1.29, 1.82) is 0 Å². The highest BCUT2D eigenvalue weighted by atomic mass is 16.4. The Hall–Kier alpha value is -3.02. The van der Waals surface area contributed by atoms with E-state index in [1.54, 1.807) is 49.1 Å². The molecule has 0 aliphatic carbocycles. The summed E-state index contributed by atoms with van der Waals surface area (Å²) in [4.78, 5) is 19.3. The molecule has 0 unspecified atom stereocenters. The molecule has 1 N–H and O–H groups in total. The van der Waals surface area contributed by atoms with Crippen molar-refractivity contribution in [2.45, 2.75) is 0 Å². The molecule has 0 aliphatic rings. The fourth-order valence-electron chi connectivity index (χ4n) is 1.88.